The molecule has 4 nitrogen and oxygen atoms in total. The minimum atomic E-state index is 0. The van der Waals surface area contributed by atoms with Gasteiger partial charge in [0.15, 0.2) is 0 Å². The van der Waals surface area contributed by atoms with Crippen molar-refractivity contribution in [3.05, 3.63) is 29.8 Å². The quantitative estimate of drug-likeness (QED) is 0.874. The number of amides is 1. The Morgan fingerprint density at radius 3 is 2.82 bits per heavy atom. The van der Waals surface area contributed by atoms with E-state index in [1.165, 1.54) is 12.8 Å². The lowest BCUT2D eigenvalue weighted by atomic mass is 9.77. The van der Waals surface area contributed by atoms with E-state index in [-0.39, 0.29) is 23.7 Å². The van der Waals surface area contributed by atoms with Crippen LogP contribution in [0.1, 0.15) is 32.3 Å². The molecule has 1 unspecified atom stereocenters. The zero-order valence-electron chi connectivity index (χ0n) is 13.6. The summed E-state index contributed by atoms with van der Waals surface area (Å²) < 4.78 is 5.28. The van der Waals surface area contributed by atoms with Crippen molar-refractivity contribution in [3.63, 3.8) is 0 Å². The average molecular weight is 327 g/mol. The fourth-order valence-electron chi connectivity index (χ4n) is 2.92. The monoisotopic (exact) mass is 326 g/mol. The number of para-hydroxylation sites is 1. The van der Waals surface area contributed by atoms with Crippen molar-refractivity contribution >= 4 is 18.3 Å². The minimum absolute atomic E-state index is 0. The van der Waals surface area contributed by atoms with Gasteiger partial charge in [-0.1, -0.05) is 32.0 Å². The highest BCUT2D eigenvalue weighted by Crippen LogP contribution is 2.29. The Bertz CT molecular complexity index is 491. The van der Waals surface area contributed by atoms with Crippen molar-refractivity contribution in [3.8, 4) is 5.75 Å². The number of halogens is 1. The lowest BCUT2D eigenvalue weighted by molar-refractivity contribution is -0.120. The second kappa shape index (κ2) is 8.39. The van der Waals surface area contributed by atoms with Gasteiger partial charge < -0.3 is 15.4 Å². The van der Waals surface area contributed by atoms with E-state index in [0.29, 0.717) is 19.0 Å². The van der Waals surface area contributed by atoms with Crippen LogP contribution >= 0.6 is 12.4 Å². The predicted octanol–water partition coefficient (Wildman–Crippen LogP) is 2.55. The molecule has 0 aliphatic carbocycles. The smallest absolute Gasteiger partial charge is 0.224 e. The van der Waals surface area contributed by atoms with Crippen LogP contribution in [-0.2, 0) is 11.2 Å². The van der Waals surface area contributed by atoms with Gasteiger partial charge in [-0.3, -0.25) is 4.79 Å². The number of methoxy groups -OCH3 is 1. The van der Waals surface area contributed by atoms with E-state index in [1.54, 1.807) is 7.11 Å². The first-order valence-electron chi connectivity index (χ1n) is 7.65. The van der Waals surface area contributed by atoms with Crippen molar-refractivity contribution in [2.45, 2.75) is 39.2 Å². The molecular formula is C17H27ClN2O2. The van der Waals surface area contributed by atoms with Crippen LogP contribution in [0.25, 0.3) is 0 Å². The molecule has 2 rings (SSSR count). The molecule has 1 aromatic carbocycles. The van der Waals surface area contributed by atoms with Gasteiger partial charge in [0.25, 0.3) is 0 Å². The number of rotatable bonds is 5. The number of hydrogen-bond donors (Lipinski definition) is 2. The number of hydrogen-bond acceptors (Lipinski definition) is 3. The largest absolute Gasteiger partial charge is 0.496 e. The summed E-state index contributed by atoms with van der Waals surface area (Å²) >= 11 is 0. The minimum Gasteiger partial charge on any atom is -0.496 e. The third-order valence-electron chi connectivity index (χ3n) is 4.38. The lowest BCUT2D eigenvalue weighted by Crippen LogP contribution is -2.53. The standard InChI is InChI=1S/C17H26N2O2.ClH/c1-17(2)9-6-10-18-15(17)12-19-16(20)11-13-7-4-5-8-14(13)21-3;/h4-5,7-8,15,18H,6,9-12H2,1-3H3,(H,19,20);1H. The zero-order valence-corrected chi connectivity index (χ0v) is 14.5. The van der Waals surface area contributed by atoms with E-state index < -0.39 is 0 Å². The lowest BCUT2D eigenvalue weighted by Gasteiger charge is -2.39. The summed E-state index contributed by atoms with van der Waals surface area (Å²) in [6.45, 7) is 6.24. The van der Waals surface area contributed by atoms with Gasteiger partial charge in [0.2, 0.25) is 5.91 Å². The summed E-state index contributed by atoms with van der Waals surface area (Å²) in [5, 5.41) is 6.56. The van der Waals surface area contributed by atoms with Crippen LogP contribution in [0.15, 0.2) is 24.3 Å². The highest BCUT2D eigenvalue weighted by Gasteiger charge is 2.31. The van der Waals surface area contributed by atoms with Crippen LogP contribution in [-0.4, -0.2) is 32.1 Å². The van der Waals surface area contributed by atoms with Crippen LogP contribution in [0.3, 0.4) is 0 Å². The van der Waals surface area contributed by atoms with Gasteiger partial charge in [0.05, 0.1) is 13.5 Å². The second-order valence-electron chi connectivity index (χ2n) is 6.39. The summed E-state index contributed by atoms with van der Waals surface area (Å²) in [5.74, 6) is 0.812. The third kappa shape index (κ3) is 4.89. The van der Waals surface area contributed by atoms with Gasteiger partial charge in [-0.15, -0.1) is 12.4 Å². The molecule has 1 aliphatic heterocycles. The molecule has 0 spiro atoms. The summed E-state index contributed by atoms with van der Waals surface area (Å²) in [5.41, 5.74) is 1.16. The van der Waals surface area contributed by atoms with Gasteiger partial charge in [-0.05, 0) is 30.9 Å². The highest BCUT2D eigenvalue weighted by atomic mass is 35.5. The van der Waals surface area contributed by atoms with Gasteiger partial charge in [0.1, 0.15) is 5.75 Å². The topological polar surface area (TPSA) is 50.4 Å². The van der Waals surface area contributed by atoms with E-state index in [0.717, 1.165) is 17.9 Å². The maximum absolute atomic E-state index is 12.1. The maximum atomic E-state index is 12.1. The number of nitrogens with one attached hydrogen (secondary N) is 2. The highest BCUT2D eigenvalue weighted by molar-refractivity contribution is 5.85. The predicted molar refractivity (Wildman–Crippen MR) is 91.8 cm³/mol. The SMILES string of the molecule is COc1ccccc1CC(=O)NCC1NCCCC1(C)C.Cl. The Hall–Kier alpha value is -1.26. The van der Waals surface area contributed by atoms with Gasteiger partial charge in [-0.2, -0.15) is 0 Å². The number of ether oxygens (including phenoxy) is 1. The van der Waals surface area contributed by atoms with Crippen LogP contribution in [0, 0.1) is 5.41 Å². The molecule has 1 aromatic rings. The molecule has 2 N–H and O–H groups in total. The van der Waals surface area contributed by atoms with Crippen molar-refractivity contribution in [2.24, 2.45) is 5.41 Å². The summed E-state index contributed by atoms with van der Waals surface area (Å²) in [6, 6.07) is 7.99. The molecule has 1 atom stereocenters. The molecule has 22 heavy (non-hydrogen) atoms. The van der Waals surface area contributed by atoms with Crippen molar-refractivity contribution in [1.29, 1.82) is 0 Å². The van der Waals surface area contributed by atoms with Gasteiger partial charge >= 0.3 is 0 Å². The van der Waals surface area contributed by atoms with Crippen molar-refractivity contribution in [2.75, 3.05) is 20.2 Å². The first-order chi connectivity index (χ1) is 10.0. The summed E-state index contributed by atoms with van der Waals surface area (Å²) in [6.07, 6.45) is 2.77. The Labute approximate surface area is 139 Å². The van der Waals surface area contributed by atoms with Crippen LogP contribution in [0.5, 0.6) is 5.75 Å². The molecule has 124 valence electrons. The molecule has 1 amide bonds. The van der Waals surface area contributed by atoms with Crippen LogP contribution < -0.4 is 15.4 Å². The number of carbonyl (C=O) groups is 1. The van der Waals surface area contributed by atoms with E-state index in [2.05, 4.69) is 24.5 Å². The van der Waals surface area contributed by atoms with Crippen molar-refractivity contribution in [1.82, 2.24) is 10.6 Å². The Morgan fingerprint density at radius 2 is 2.14 bits per heavy atom. The number of carbonyl (C=O) groups excluding carboxylic acids is 1. The molecule has 5 heteroatoms. The normalized spacial score (nSPS) is 19.9. The molecule has 1 fully saturated rings. The summed E-state index contributed by atoms with van der Waals surface area (Å²) in [7, 11) is 1.63. The van der Waals surface area contributed by atoms with E-state index in [4.69, 9.17) is 4.74 Å². The van der Waals surface area contributed by atoms with Gasteiger partial charge in [0, 0.05) is 18.2 Å². The number of benzene rings is 1. The Kier molecular flexibility index (Phi) is 7.17. The average Bonchev–Trinajstić information content (AvgIpc) is 2.46. The fourth-order valence-corrected chi connectivity index (χ4v) is 2.92. The van der Waals surface area contributed by atoms with Gasteiger partial charge in [-0.25, -0.2) is 0 Å². The first kappa shape index (κ1) is 18.8. The zero-order chi connectivity index (χ0) is 15.3. The number of piperidine rings is 1. The molecular weight excluding hydrogens is 300 g/mol. The molecule has 0 bridgehead atoms. The third-order valence-corrected chi connectivity index (χ3v) is 4.38. The molecule has 0 aromatic heterocycles. The second-order valence-corrected chi connectivity index (χ2v) is 6.39. The molecule has 1 aliphatic rings. The maximum Gasteiger partial charge on any atom is 0.224 e. The van der Waals surface area contributed by atoms with Crippen LogP contribution in [0.4, 0.5) is 0 Å². The van der Waals surface area contributed by atoms with E-state index >= 15 is 0 Å². The Morgan fingerprint density at radius 1 is 1.41 bits per heavy atom. The molecule has 1 heterocycles. The fraction of sp³-hybridized carbons (Fsp3) is 0.588. The Balaban J connectivity index is 0.00000242. The summed E-state index contributed by atoms with van der Waals surface area (Å²) in [4.78, 5) is 12.1. The van der Waals surface area contributed by atoms with Crippen LogP contribution in [0.2, 0.25) is 0 Å². The molecule has 0 saturated carbocycles. The van der Waals surface area contributed by atoms with E-state index in [1.807, 2.05) is 24.3 Å². The molecule has 1 saturated heterocycles. The first-order valence-corrected chi connectivity index (χ1v) is 7.65. The molecule has 0 radical (unpaired) electrons. The van der Waals surface area contributed by atoms with E-state index in [9.17, 15) is 4.79 Å². The van der Waals surface area contributed by atoms with Crippen molar-refractivity contribution < 1.29 is 9.53 Å².